The Hall–Kier alpha value is -0.900. The summed E-state index contributed by atoms with van der Waals surface area (Å²) in [6.45, 7) is 6.01. The molecule has 0 aromatic carbocycles. The quantitative estimate of drug-likeness (QED) is 0.612. The first-order valence-corrected chi connectivity index (χ1v) is 7.33. The molecule has 0 bridgehead atoms. The molecule has 0 unspecified atom stereocenters. The van der Waals surface area contributed by atoms with E-state index in [-0.39, 0.29) is 0 Å². The minimum Gasteiger partial charge on any atom is -0.311 e. The molecule has 1 N–H and O–H groups in total. The fourth-order valence-electron chi connectivity index (χ4n) is 2.00. The Balaban J connectivity index is 1.83. The number of aryl methyl sites for hydroxylation is 1. The fourth-order valence-corrected chi connectivity index (χ4v) is 2.00. The summed E-state index contributed by atoms with van der Waals surface area (Å²) in [5.74, 6) is 0. The summed E-state index contributed by atoms with van der Waals surface area (Å²) in [5, 5.41) is 11.0. The Kier molecular flexibility index (Phi) is 8.47. The van der Waals surface area contributed by atoms with Gasteiger partial charge in [-0.1, -0.05) is 62.2 Å². The van der Waals surface area contributed by atoms with E-state index in [1.54, 1.807) is 0 Å². The molecule has 0 atom stereocenters. The SMILES string of the molecule is CCCCCCCCCCNCc1nonc1C. The number of aromatic nitrogens is 2. The zero-order valence-electron chi connectivity index (χ0n) is 11.9. The largest absolute Gasteiger partial charge is 0.311 e. The van der Waals surface area contributed by atoms with Crippen LogP contribution in [0.5, 0.6) is 0 Å². The first-order chi connectivity index (χ1) is 8.84. The molecular weight excluding hydrogens is 226 g/mol. The summed E-state index contributed by atoms with van der Waals surface area (Å²) in [6, 6.07) is 0. The monoisotopic (exact) mass is 253 g/mol. The topological polar surface area (TPSA) is 51.0 Å². The van der Waals surface area contributed by atoms with Gasteiger partial charge in [0.1, 0.15) is 11.4 Å². The summed E-state index contributed by atoms with van der Waals surface area (Å²) in [5.41, 5.74) is 1.81. The molecular formula is C14H27N3O. The van der Waals surface area contributed by atoms with Crippen LogP contribution in [0.1, 0.15) is 69.7 Å². The molecule has 1 aromatic heterocycles. The van der Waals surface area contributed by atoms with Crippen LogP contribution in [-0.4, -0.2) is 16.9 Å². The molecule has 0 saturated heterocycles. The number of unbranched alkanes of at least 4 members (excludes halogenated alkanes) is 7. The zero-order chi connectivity index (χ0) is 13.1. The van der Waals surface area contributed by atoms with Crippen LogP contribution in [0, 0.1) is 6.92 Å². The Labute approximate surface area is 110 Å². The second kappa shape index (κ2) is 10.1. The minimum atomic E-state index is 0.770. The van der Waals surface area contributed by atoms with Crippen LogP contribution < -0.4 is 5.32 Å². The van der Waals surface area contributed by atoms with Crippen LogP contribution in [0.15, 0.2) is 4.63 Å². The molecule has 0 aliphatic rings. The lowest BCUT2D eigenvalue weighted by atomic mass is 10.1. The van der Waals surface area contributed by atoms with Gasteiger partial charge in [0.2, 0.25) is 0 Å². The molecule has 1 aromatic rings. The fraction of sp³-hybridized carbons (Fsp3) is 0.857. The number of nitrogens with zero attached hydrogens (tertiary/aromatic N) is 2. The third-order valence-electron chi connectivity index (χ3n) is 3.25. The second-order valence-corrected chi connectivity index (χ2v) is 4.95. The van der Waals surface area contributed by atoms with Crippen molar-refractivity contribution >= 4 is 0 Å². The summed E-state index contributed by atoms with van der Waals surface area (Å²) < 4.78 is 4.65. The smallest absolute Gasteiger partial charge is 0.121 e. The summed E-state index contributed by atoms with van der Waals surface area (Å²) in [6.07, 6.45) is 10.9. The third-order valence-corrected chi connectivity index (χ3v) is 3.25. The maximum absolute atomic E-state index is 4.65. The molecule has 0 spiro atoms. The molecule has 1 rings (SSSR count). The Bertz CT molecular complexity index is 299. The van der Waals surface area contributed by atoms with Gasteiger partial charge in [0.05, 0.1) is 0 Å². The predicted octanol–water partition coefficient (Wildman–Crippen LogP) is 3.61. The summed E-state index contributed by atoms with van der Waals surface area (Å²) >= 11 is 0. The van der Waals surface area contributed by atoms with E-state index in [4.69, 9.17) is 0 Å². The molecule has 0 aliphatic carbocycles. The van der Waals surface area contributed by atoms with E-state index in [9.17, 15) is 0 Å². The van der Waals surface area contributed by atoms with Gasteiger partial charge in [0.25, 0.3) is 0 Å². The number of nitrogens with one attached hydrogen (secondary N) is 1. The van der Waals surface area contributed by atoms with Crippen molar-refractivity contribution in [2.24, 2.45) is 0 Å². The molecule has 104 valence electrons. The van der Waals surface area contributed by atoms with Gasteiger partial charge in [-0.3, -0.25) is 0 Å². The first-order valence-electron chi connectivity index (χ1n) is 7.33. The van der Waals surface area contributed by atoms with Crippen molar-refractivity contribution in [2.45, 2.75) is 71.8 Å². The van der Waals surface area contributed by atoms with Crippen molar-refractivity contribution in [3.05, 3.63) is 11.4 Å². The lowest BCUT2D eigenvalue weighted by molar-refractivity contribution is 0.300. The minimum absolute atomic E-state index is 0.770. The van der Waals surface area contributed by atoms with Crippen molar-refractivity contribution in [1.29, 1.82) is 0 Å². The normalized spacial score (nSPS) is 11.0. The molecule has 1 heterocycles. The maximum atomic E-state index is 4.65. The molecule has 0 saturated carbocycles. The molecule has 0 aliphatic heterocycles. The van der Waals surface area contributed by atoms with Crippen molar-refractivity contribution in [2.75, 3.05) is 6.54 Å². The number of hydrogen-bond donors (Lipinski definition) is 1. The number of hydrogen-bond acceptors (Lipinski definition) is 4. The van der Waals surface area contributed by atoms with Gasteiger partial charge in [0.15, 0.2) is 0 Å². The van der Waals surface area contributed by atoms with Crippen LogP contribution in [0.25, 0.3) is 0 Å². The summed E-state index contributed by atoms with van der Waals surface area (Å²) in [4.78, 5) is 0. The summed E-state index contributed by atoms with van der Waals surface area (Å²) in [7, 11) is 0. The van der Waals surface area contributed by atoms with Gasteiger partial charge in [0, 0.05) is 6.54 Å². The van der Waals surface area contributed by atoms with E-state index in [2.05, 4.69) is 27.2 Å². The molecule has 4 heteroatoms. The Morgan fingerprint density at radius 2 is 1.61 bits per heavy atom. The van der Waals surface area contributed by atoms with Crippen molar-refractivity contribution in [3.8, 4) is 0 Å². The highest BCUT2D eigenvalue weighted by Crippen LogP contribution is 2.08. The highest BCUT2D eigenvalue weighted by molar-refractivity contribution is 5.03. The van der Waals surface area contributed by atoms with Crippen molar-refractivity contribution in [1.82, 2.24) is 15.6 Å². The van der Waals surface area contributed by atoms with Crippen molar-refractivity contribution < 1.29 is 4.63 Å². The molecule has 4 nitrogen and oxygen atoms in total. The highest BCUT2D eigenvalue weighted by atomic mass is 16.6. The Morgan fingerprint density at radius 3 is 2.22 bits per heavy atom. The van der Waals surface area contributed by atoms with Gasteiger partial charge >= 0.3 is 0 Å². The average molecular weight is 253 g/mol. The van der Waals surface area contributed by atoms with E-state index < -0.39 is 0 Å². The third kappa shape index (κ3) is 6.74. The second-order valence-electron chi connectivity index (χ2n) is 4.95. The predicted molar refractivity (Wildman–Crippen MR) is 73.4 cm³/mol. The lowest BCUT2D eigenvalue weighted by Gasteiger charge is -2.03. The van der Waals surface area contributed by atoms with Crippen LogP contribution >= 0.6 is 0 Å². The van der Waals surface area contributed by atoms with Crippen LogP contribution in [0.3, 0.4) is 0 Å². The molecule has 0 amide bonds. The lowest BCUT2D eigenvalue weighted by Crippen LogP contribution is -2.15. The maximum Gasteiger partial charge on any atom is 0.121 e. The van der Waals surface area contributed by atoms with E-state index in [1.807, 2.05) is 6.92 Å². The molecule has 18 heavy (non-hydrogen) atoms. The van der Waals surface area contributed by atoms with Gasteiger partial charge < -0.3 is 5.32 Å². The van der Waals surface area contributed by atoms with Crippen LogP contribution in [0.4, 0.5) is 0 Å². The van der Waals surface area contributed by atoms with Gasteiger partial charge in [-0.05, 0) is 19.9 Å². The van der Waals surface area contributed by atoms with Gasteiger partial charge in [-0.15, -0.1) is 0 Å². The standard InChI is InChI=1S/C14H27N3O/c1-3-4-5-6-7-8-9-10-11-15-12-14-13(2)16-18-17-14/h15H,3-12H2,1-2H3. The van der Waals surface area contributed by atoms with E-state index in [1.165, 1.54) is 51.4 Å². The van der Waals surface area contributed by atoms with E-state index >= 15 is 0 Å². The van der Waals surface area contributed by atoms with Gasteiger partial charge in [-0.2, -0.15) is 0 Å². The highest BCUT2D eigenvalue weighted by Gasteiger charge is 2.02. The molecule has 0 fully saturated rings. The van der Waals surface area contributed by atoms with Crippen LogP contribution in [0.2, 0.25) is 0 Å². The Morgan fingerprint density at radius 1 is 0.944 bits per heavy atom. The zero-order valence-corrected chi connectivity index (χ0v) is 11.9. The number of rotatable bonds is 11. The van der Waals surface area contributed by atoms with Crippen molar-refractivity contribution in [3.63, 3.8) is 0 Å². The van der Waals surface area contributed by atoms with E-state index in [0.717, 1.165) is 24.5 Å². The van der Waals surface area contributed by atoms with Crippen LogP contribution in [-0.2, 0) is 6.54 Å². The first kappa shape index (κ1) is 15.2. The molecule has 0 radical (unpaired) electrons. The van der Waals surface area contributed by atoms with E-state index in [0.29, 0.717) is 0 Å². The van der Waals surface area contributed by atoms with Gasteiger partial charge in [-0.25, -0.2) is 4.63 Å². The average Bonchev–Trinajstić information content (AvgIpc) is 2.77.